The van der Waals surface area contributed by atoms with Gasteiger partial charge < -0.3 is 15.4 Å². The van der Waals surface area contributed by atoms with Crippen LogP contribution in [-0.2, 0) is 4.79 Å². The van der Waals surface area contributed by atoms with E-state index < -0.39 is 5.82 Å². The minimum atomic E-state index is -0.476. The summed E-state index contributed by atoms with van der Waals surface area (Å²) in [7, 11) is 1.41. The van der Waals surface area contributed by atoms with Crippen molar-refractivity contribution >= 4 is 23.4 Å². The van der Waals surface area contributed by atoms with Gasteiger partial charge in [-0.3, -0.25) is 4.79 Å². The van der Waals surface area contributed by atoms with Gasteiger partial charge in [-0.15, -0.1) is 11.8 Å². The zero-order valence-corrected chi connectivity index (χ0v) is 12.3. The number of hydrogen-bond acceptors (Lipinski definition) is 4. The topological polar surface area (TPSA) is 50.4 Å². The van der Waals surface area contributed by atoms with Crippen LogP contribution >= 0.6 is 11.8 Å². The molecule has 0 bridgehead atoms. The van der Waals surface area contributed by atoms with Crippen molar-refractivity contribution in [2.24, 2.45) is 0 Å². The molecule has 0 radical (unpaired) electrons. The Morgan fingerprint density at radius 1 is 1.50 bits per heavy atom. The van der Waals surface area contributed by atoms with Crippen molar-refractivity contribution in [3.05, 3.63) is 24.0 Å². The lowest BCUT2D eigenvalue weighted by molar-refractivity contribution is -0.113. The first-order valence-corrected chi connectivity index (χ1v) is 7.69. The fourth-order valence-electron chi connectivity index (χ4n) is 2.10. The average molecular weight is 298 g/mol. The maximum atomic E-state index is 13.5. The molecule has 6 heteroatoms. The van der Waals surface area contributed by atoms with Crippen LogP contribution in [0.15, 0.2) is 18.2 Å². The molecule has 110 valence electrons. The van der Waals surface area contributed by atoms with E-state index in [2.05, 4.69) is 10.6 Å². The molecule has 2 rings (SSSR count). The van der Waals surface area contributed by atoms with E-state index in [4.69, 9.17) is 4.74 Å². The van der Waals surface area contributed by atoms with Crippen molar-refractivity contribution < 1.29 is 13.9 Å². The van der Waals surface area contributed by atoms with Gasteiger partial charge in [0.1, 0.15) is 0 Å². The molecule has 0 spiro atoms. The first-order chi connectivity index (χ1) is 9.69. The fraction of sp³-hybridized carbons (Fsp3) is 0.500. The number of carbonyl (C=O) groups is 1. The number of amides is 1. The SMILES string of the molecule is COc1ccc(NC(=O)CSC2CCNCC2)cc1F. The van der Waals surface area contributed by atoms with Crippen LogP contribution in [0.2, 0.25) is 0 Å². The van der Waals surface area contributed by atoms with Crippen molar-refractivity contribution in [2.75, 3.05) is 31.3 Å². The molecule has 0 atom stereocenters. The monoisotopic (exact) mass is 298 g/mol. The van der Waals surface area contributed by atoms with E-state index in [1.807, 2.05) is 0 Å². The van der Waals surface area contributed by atoms with Gasteiger partial charge in [-0.1, -0.05) is 0 Å². The third kappa shape index (κ3) is 4.38. The highest BCUT2D eigenvalue weighted by atomic mass is 32.2. The molecule has 2 N–H and O–H groups in total. The second-order valence-corrected chi connectivity index (χ2v) is 5.95. The third-order valence-corrected chi connectivity index (χ3v) is 4.54. The molecule has 1 aliphatic rings. The molecular formula is C14H19FN2O2S. The van der Waals surface area contributed by atoms with E-state index in [0.29, 0.717) is 16.7 Å². The van der Waals surface area contributed by atoms with E-state index in [1.165, 1.54) is 19.2 Å². The van der Waals surface area contributed by atoms with Crippen LogP contribution in [0, 0.1) is 5.82 Å². The minimum absolute atomic E-state index is 0.0990. The van der Waals surface area contributed by atoms with Crippen LogP contribution in [0.5, 0.6) is 5.75 Å². The summed E-state index contributed by atoms with van der Waals surface area (Å²) in [6, 6.07) is 4.41. The van der Waals surface area contributed by atoms with Crippen LogP contribution < -0.4 is 15.4 Å². The number of halogens is 1. The molecule has 1 aliphatic heterocycles. The smallest absolute Gasteiger partial charge is 0.234 e. The predicted molar refractivity (Wildman–Crippen MR) is 79.9 cm³/mol. The molecule has 1 aromatic carbocycles. The molecule has 1 heterocycles. The van der Waals surface area contributed by atoms with E-state index in [-0.39, 0.29) is 11.7 Å². The Labute approximate surface area is 122 Å². The van der Waals surface area contributed by atoms with Gasteiger partial charge in [-0.25, -0.2) is 4.39 Å². The van der Waals surface area contributed by atoms with Gasteiger partial charge in [0.2, 0.25) is 5.91 Å². The zero-order chi connectivity index (χ0) is 14.4. The van der Waals surface area contributed by atoms with Gasteiger partial charge in [-0.05, 0) is 38.1 Å². The van der Waals surface area contributed by atoms with Crippen LogP contribution in [0.3, 0.4) is 0 Å². The van der Waals surface area contributed by atoms with E-state index in [1.54, 1.807) is 17.8 Å². The number of carbonyl (C=O) groups excluding carboxylic acids is 1. The number of nitrogens with one attached hydrogen (secondary N) is 2. The highest BCUT2D eigenvalue weighted by Gasteiger charge is 2.15. The Kier molecular flexibility index (Phi) is 5.67. The molecular weight excluding hydrogens is 279 g/mol. The molecule has 4 nitrogen and oxygen atoms in total. The highest BCUT2D eigenvalue weighted by molar-refractivity contribution is 8.00. The first kappa shape index (κ1) is 15.1. The Bertz CT molecular complexity index is 464. The van der Waals surface area contributed by atoms with Crippen LogP contribution in [0.4, 0.5) is 10.1 Å². The highest BCUT2D eigenvalue weighted by Crippen LogP contribution is 2.22. The summed E-state index contributed by atoms with van der Waals surface area (Å²) in [5.74, 6) is -0.000295. The number of methoxy groups -OCH3 is 1. The van der Waals surface area contributed by atoms with Crippen molar-refractivity contribution in [3.8, 4) is 5.75 Å². The summed E-state index contributed by atoms with van der Waals surface area (Å²) >= 11 is 1.67. The quantitative estimate of drug-likeness (QED) is 0.875. The van der Waals surface area contributed by atoms with Gasteiger partial charge in [-0.2, -0.15) is 0 Å². The molecule has 1 amide bonds. The van der Waals surface area contributed by atoms with Crippen molar-refractivity contribution in [1.29, 1.82) is 0 Å². The van der Waals surface area contributed by atoms with Crippen molar-refractivity contribution in [1.82, 2.24) is 5.32 Å². The zero-order valence-electron chi connectivity index (χ0n) is 11.4. The standard InChI is InChI=1S/C14H19FN2O2S/c1-19-13-3-2-10(8-12(13)15)17-14(18)9-20-11-4-6-16-7-5-11/h2-3,8,11,16H,4-7,9H2,1H3,(H,17,18). The van der Waals surface area contributed by atoms with Gasteiger partial charge in [0.15, 0.2) is 11.6 Å². The second-order valence-electron chi connectivity index (χ2n) is 4.66. The minimum Gasteiger partial charge on any atom is -0.494 e. The van der Waals surface area contributed by atoms with Gasteiger partial charge in [0.25, 0.3) is 0 Å². The number of thioether (sulfide) groups is 1. The summed E-state index contributed by atoms with van der Waals surface area (Å²) in [5.41, 5.74) is 0.458. The summed E-state index contributed by atoms with van der Waals surface area (Å²) in [4.78, 5) is 11.8. The Balaban J connectivity index is 1.80. The fourth-order valence-corrected chi connectivity index (χ4v) is 3.13. The normalized spacial score (nSPS) is 15.9. The number of hydrogen-bond donors (Lipinski definition) is 2. The molecule has 0 saturated carbocycles. The molecule has 1 aromatic rings. The van der Waals surface area contributed by atoms with Gasteiger partial charge in [0, 0.05) is 17.0 Å². The number of piperidine rings is 1. The largest absolute Gasteiger partial charge is 0.494 e. The predicted octanol–water partition coefficient (Wildman–Crippen LogP) is 2.26. The van der Waals surface area contributed by atoms with Crippen LogP contribution in [0.25, 0.3) is 0 Å². The van der Waals surface area contributed by atoms with Crippen LogP contribution in [0.1, 0.15) is 12.8 Å². The summed E-state index contributed by atoms with van der Waals surface area (Å²) in [6.07, 6.45) is 2.18. The summed E-state index contributed by atoms with van der Waals surface area (Å²) in [5, 5.41) is 6.53. The third-order valence-electron chi connectivity index (χ3n) is 3.17. The maximum Gasteiger partial charge on any atom is 0.234 e. The van der Waals surface area contributed by atoms with Crippen LogP contribution in [-0.4, -0.2) is 37.1 Å². The maximum absolute atomic E-state index is 13.5. The summed E-state index contributed by atoms with van der Waals surface area (Å²) < 4.78 is 18.3. The molecule has 0 aliphatic carbocycles. The lowest BCUT2D eigenvalue weighted by atomic mass is 10.2. The number of anilines is 1. The van der Waals surface area contributed by atoms with E-state index >= 15 is 0 Å². The van der Waals surface area contributed by atoms with E-state index in [9.17, 15) is 9.18 Å². The Morgan fingerprint density at radius 2 is 2.25 bits per heavy atom. The lowest BCUT2D eigenvalue weighted by Crippen LogP contribution is -2.30. The molecule has 1 saturated heterocycles. The molecule has 0 unspecified atom stereocenters. The molecule has 20 heavy (non-hydrogen) atoms. The average Bonchev–Trinajstić information content (AvgIpc) is 2.46. The lowest BCUT2D eigenvalue weighted by Gasteiger charge is -2.21. The Morgan fingerprint density at radius 3 is 2.90 bits per heavy atom. The number of rotatable bonds is 5. The van der Waals surface area contributed by atoms with Gasteiger partial charge >= 0.3 is 0 Å². The van der Waals surface area contributed by atoms with Crippen molar-refractivity contribution in [2.45, 2.75) is 18.1 Å². The molecule has 0 aromatic heterocycles. The Hall–Kier alpha value is -1.27. The summed E-state index contributed by atoms with van der Waals surface area (Å²) in [6.45, 7) is 2.03. The van der Waals surface area contributed by atoms with E-state index in [0.717, 1.165) is 25.9 Å². The first-order valence-electron chi connectivity index (χ1n) is 6.65. The van der Waals surface area contributed by atoms with Gasteiger partial charge in [0.05, 0.1) is 12.9 Å². The number of ether oxygens (including phenoxy) is 1. The second kappa shape index (κ2) is 7.50. The van der Waals surface area contributed by atoms with Crippen molar-refractivity contribution in [3.63, 3.8) is 0 Å². The number of benzene rings is 1. The molecule has 1 fully saturated rings.